The van der Waals surface area contributed by atoms with Crippen molar-refractivity contribution in [2.75, 3.05) is 20.4 Å². The van der Waals surface area contributed by atoms with Gasteiger partial charge in [0.2, 0.25) is 11.8 Å². The molecule has 10 nitrogen and oxygen atoms in total. The number of benzene rings is 1. The molecule has 1 atom stereocenters. The van der Waals surface area contributed by atoms with E-state index in [9.17, 15) is 14.4 Å². The molecule has 1 aliphatic rings. The molecule has 0 aliphatic carbocycles. The van der Waals surface area contributed by atoms with Crippen molar-refractivity contribution in [2.45, 2.75) is 59.1 Å². The third-order valence-electron chi connectivity index (χ3n) is 7.01. The second-order valence-corrected chi connectivity index (χ2v) is 17.4. The SMILES string of the molecule is CC(=O)OCc1cc(Oc2nccc3occc23)ccc1C1N(C)C(=O)N(COCC[Si](C)(C)C)C(=O)C1(C)C. The van der Waals surface area contributed by atoms with Gasteiger partial charge in [0.25, 0.3) is 0 Å². The largest absolute Gasteiger partial charge is 0.464 e. The molecular weight excluding hydrogens is 530 g/mol. The van der Waals surface area contributed by atoms with E-state index in [1.807, 2.05) is 13.8 Å². The second kappa shape index (κ2) is 11.4. The molecule has 40 heavy (non-hydrogen) atoms. The summed E-state index contributed by atoms with van der Waals surface area (Å²) in [6.45, 7) is 12.0. The van der Waals surface area contributed by atoms with Crippen LogP contribution in [0.4, 0.5) is 4.79 Å². The molecule has 214 valence electrons. The fraction of sp³-hybridized carbons (Fsp3) is 0.448. The topological polar surface area (TPSA) is 111 Å². The Bertz CT molecular complexity index is 1410. The van der Waals surface area contributed by atoms with Crippen molar-refractivity contribution in [1.29, 1.82) is 0 Å². The Labute approximate surface area is 235 Å². The maximum Gasteiger partial charge on any atom is 0.328 e. The van der Waals surface area contributed by atoms with Crippen molar-refractivity contribution in [3.63, 3.8) is 0 Å². The molecule has 1 aliphatic heterocycles. The molecule has 0 spiro atoms. The number of urea groups is 1. The van der Waals surface area contributed by atoms with E-state index < -0.39 is 31.5 Å². The number of carbonyl (C=O) groups excluding carboxylic acids is 3. The van der Waals surface area contributed by atoms with Crippen LogP contribution in [0.3, 0.4) is 0 Å². The van der Waals surface area contributed by atoms with Crippen LogP contribution in [-0.4, -0.2) is 61.2 Å². The minimum Gasteiger partial charge on any atom is -0.464 e. The Morgan fingerprint density at radius 3 is 2.60 bits per heavy atom. The zero-order chi connectivity index (χ0) is 29.2. The molecule has 4 rings (SSSR count). The van der Waals surface area contributed by atoms with Gasteiger partial charge in [-0.1, -0.05) is 25.7 Å². The van der Waals surface area contributed by atoms with Crippen LogP contribution in [0.15, 0.2) is 47.2 Å². The third kappa shape index (κ3) is 6.20. The molecule has 11 heteroatoms. The first-order valence-corrected chi connectivity index (χ1v) is 16.9. The van der Waals surface area contributed by atoms with E-state index in [1.165, 1.54) is 11.8 Å². The van der Waals surface area contributed by atoms with Crippen molar-refractivity contribution in [1.82, 2.24) is 14.8 Å². The zero-order valence-corrected chi connectivity index (χ0v) is 25.1. The van der Waals surface area contributed by atoms with Crippen molar-refractivity contribution >= 4 is 37.0 Å². The number of aromatic nitrogens is 1. The zero-order valence-electron chi connectivity index (χ0n) is 24.1. The quantitative estimate of drug-likeness (QED) is 0.168. The molecule has 1 fully saturated rings. The number of pyridine rings is 1. The lowest BCUT2D eigenvalue weighted by Gasteiger charge is -2.48. The van der Waals surface area contributed by atoms with Crippen LogP contribution in [0, 0.1) is 5.41 Å². The first-order chi connectivity index (χ1) is 18.8. The van der Waals surface area contributed by atoms with Gasteiger partial charge in [-0.3, -0.25) is 9.59 Å². The van der Waals surface area contributed by atoms with E-state index in [0.717, 1.165) is 6.04 Å². The number of amides is 3. The molecule has 0 radical (unpaired) electrons. The predicted molar refractivity (Wildman–Crippen MR) is 151 cm³/mol. The summed E-state index contributed by atoms with van der Waals surface area (Å²) in [5.74, 6) is 0.0384. The summed E-state index contributed by atoms with van der Waals surface area (Å²) in [4.78, 5) is 45.8. The van der Waals surface area contributed by atoms with Gasteiger partial charge in [0.05, 0.1) is 23.1 Å². The molecule has 0 bridgehead atoms. The summed E-state index contributed by atoms with van der Waals surface area (Å²) in [7, 11) is 0.351. The average Bonchev–Trinajstić information content (AvgIpc) is 3.36. The lowest BCUT2D eigenvalue weighted by atomic mass is 9.75. The predicted octanol–water partition coefficient (Wildman–Crippen LogP) is 5.96. The van der Waals surface area contributed by atoms with Gasteiger partial charge in [-0.15, -0.1) is 0 Å². The first kappa shape index (κ1) is 29.3. The Kier molecular flexibility index (Phi) is 8.36. The summed E-state index contributed by atoms with van der Waals surface area (Å²) in [6, 6.07) is 8.66. The molecule has 1 aromatic carbocycles. The number of fused-ring (bicyclic) bond motifs is 1. The van der Waals surface area contributed by atoms with E-state index >= 15 is 0 Å². The number of hydrogen-bond donors (Lipinski definition) is 0. The third-order valence-corrected chi connectivity index (χ3v) is 8.72. The fourth-order valence-electron chi connectivity index (χ4n) is 4.86. The number of carbonyl (C=O) groups is 3. The summed E-state index contributed by atoms with van der Waals surface area (Å²) in [6.07, 6.45) is 3.15. The van der Waals surface area contributed by atoms with Crippen molar-refractivity contribution < 1.29 is 33.0 Å². The van der Waals surface area contributed by atoms with Gasteiger partial charge in [0.15, 0.2) is 0 Å². The van der Waals surface area contributed by atoms with Gasteiger partial charge in [-0.25, -0.2) is 14.7 Å². The number of nitrogens with zero attached hydrogens (tertiary/aromatic N) is 3. The summed E-state index contributed by atoms with van der Waals surface area (Å²) < 4.78 is 22.6. The normalized spacial score (nSPS) is 17.4. The second-order valence-electron chi connectivity index (χ2n) is 11.8. The Balaban J connectivity index is 1.63. The highest BCUT2D eigenvalue weighted by Gasteiger charge is 2.51. The van der Waals surface area contributed by atoms with Crippen LogP contribution in [0.5, 0.6) is 11.6 Å². The van der Waals surface area contributed by atoms with E-state index in [1.54, 1.807) is 54.7 Å². The van der Waals surface area contributed by atoms with E-state index in [4.69, 9.17) is 18.6 Å². The van der Waals surface area contributed by atoms with Gasteiger partial charge in [-0.05, 0) is 55.3 Å². The van der Waals surface area contributed by atoms with Crippen LogP contribution >= 0.6 is 0 Å². The molecule has 1 saturated heterocycles. The maximum atomic E-state index is 13.6. The highest BCUT2D eigenvalue weighted by Crippen LogP contribution is 2.45. The first-order valence-electron chi connectivity index (χ1n) is 13.2. The van der Waals surface area contributed by atoms with Crippen molar-refractivity contribution in [2.24, 2.45) is 5.41 Å². The summed E-state index contributed by atoms with van der Waals surface area (Å²) in [5.41, 5.74) is 0.926. The standard InChI is InChI=1S/C29H37N3O7Si/c1-19(33)38-17-20-16-21(39-26-23-11-13-37-24(23)10-12-30-26)8-9-22(20)25-29(2,3)27(34)32(28(35)31(25)4)18-36-14-15-40(5,6)7/h8-13,16,25H,14-15,17-18H2,1-7H3. The molecule has 3 amide bonds. The number of hydrogen-bond acceptors (Lipinski definition) is 8. The molecule has 1 unspecified atom stereocenters. The number of furan rings is 1. The van der Waals surface area contributed by atoms with Crippen molar-refractivity contribution in [3.8, 4) is 11.6 Å². The van der Waals surface area contributed by atoms with Gasteiger partial charge >= 0.3 is 12.0 Å². The fourth-order valence-corrected chi connectivity index (χ4v) is 5.62. The Hall–Kier alpha value is -3.70. The van der Waals surface area contributed by atoms with Gasteiger partial charge in [-0.2, -0.15) is 0 Å². The lowest BCUT2D eigenvalue weighted by molar-refractivity contribution is -0.151. The van der Waals surface area contributed by atoms with Crippen molar-refractivity contribution in [3.05, 3.63) is 53.9 Å². The van der Waals surface area contributed by atoms with Gasteiger partial charge in [0, 0.05) is 34.8 Å². The van der Waals surface area contributed by atoms with Crippen LogP contribution in [0.2, 0.25) is 25.7 Å². The van der Waals surface area contributed by atoms with Crippen LogP contribution in [0.25, 0.3) is 11.0 Å². The van der Waals surface area contributed by atoms with E-state index in [0.29, 0.717) is 40.3 Å². The van der Waals surface area contributed by atoms with Gasteiger partial charge < -0.3 is 23.5 Å². The monoisotopic (exact) mass is 567 g/mol. The van der Waals surface area contributed by atoms with E-state index in [-0.39, 0.29) is 19.2 Å². The molecule has 0 N–H and O–H groups in total. The van der Waals surface area contributed by atoms with Crippen LogP contribution in [-0.2, 0) is 25.7 Å². The molecular formula is C29H37N3O7Si. The smallest absolute Gasteiger partial charge is 0.328 e. The highest BCUT2D eigenvalue weighted by atomic mass is 28.3. The highest BCUT2D eigenvalue weighted by molar-refractivity contribution is 6.76. The van der Waals surface area contributed by atoms with Crippen LogP contribution < -0.4 is 4.74 Å². The molecule has 3 heterocycles. The minimum atomic E-state index is -1.32. The number of rotatable bonds is 10. The molecule has 3 aromatic rings. The molecule has 0 saturated carbocycles. The number of ether oxygens (including phenoxy) is 3. The molecule has 2 aromatic heterocycles. The van der Waals surface area contributed by atoms with Gasteiger partial charge in [0.1, 0.15) is 24.7 Å². The number of imide groups is 1. The lowest BCUT2D eigenvalue weighted by Crippen LogP contribution is -2.60. The summed E-state index contributed by atoms with van der Waals surface area (Å²) in [5, 5.41) is 0.713. The van der Waals surface area contributed by atoms with Crippen LogP contribution in [0.1, 0.15) is 37.9 Å². The maximum absolute atomic E-state index is 13.6. The number of esters is 1. The summed E-state index contributed by atoms with van der Waals surface area (Å²) >= 11 is 0. The minimum absolute atomic E-state index is 0.0580. The van der Waals surface area contributed by atoms with E-state index in [2.05, 4.69) is 24.6 Å². The Morgan fingerprint density at radius 2 is 1.90 bits per heavy atom. The Morgan fingerprint density at radius 1 is 1.15 bits per heavy atom. The average molecular weight is 568 g/mol.